The van der Waals surface area contributed by atoms with Crippen LogP contribution in [-0.2, 0) is 7.05 Å². The molecular formula is C21H26N4O. The number of para-hydroxylation sites is 2. The van der Waals surface area contributed by atoms with E-state index in [1.165, 1.54) is 5.57 Å². The number of hydrogen-bond acceptors (Lipinski definition) is 3. The van der Waals surface area contributed by atoms with Gasteiger partial charge in [-0.25, -0.2) is 0 Å². The van der Waals surface area contributed by atoms with Crippen LogP contribution in [0.3, 0.4) is 0 Å². The molecule has 0 unspecified atom stereocenters. The molecule has 5 nitrogen and oxygen atoms in total. The summed E-state index contributed by atoms with van der Waals surface area (Å²) in [5.41, 5.74) is 3.57. The van der Waals surface area contributed by atoms with Gasteiger partial charge >= 0.3 is 0 Å². The summed E-state index contributed by atoms with van der Waals surface area (Å²) in [5.74, 6) is 0.572. The zero-order valence-corrected chi connectivity index (χ0v) is 15.8. The number of fused-ring (bicyclic) bond motifs is 2. The Kier molecular flexibility index (Phi) is 6.97. The largest absolute Gasteiger partial charge is 0.338 e. The molecule has 5 heteroatoms. The van der Waals surface area contributed by atoms with E-state index < -0.39 is 0 Å². The van der Waals surface area contributed by atoms with Crippen LogP contribution in [0.25, 0.3) is 0 Å². The number of rotatable bonds is 0. The number of anilines is 3. The van der Waals surface area contributed by atoms with E-state index in [0.717, 1.165) is 17.8 Å². The third-order valence-corrected chi connectivity index (χ3v) is 3.79. The van der Waals surface area contributed by atoms with Crippen molar-refractivity contribution in [2.24, 2.45) is 7.05 Å². The number of carbonyl (C=O) groups is 1. The Labute approximate surface area is 155 Å². The lowest BCUT2D eigenvalue weighted by Gasteiger charge is -2.07. The molecule has 0 saturated heterocycles. The first-order valence-corrected chi connectivity index (χ1v) is 8.84. The van der Waals surface area contributed by atoms with Crippen LogP contribution in [0.5, 0.6) is 0 Å². The maximum Gasteiger partial charge on any atom is 0.261 e. The summed E-state index contributed by atoms with van der Waals surface area (Å²) in [5, 5.41) is 10.1. The summed E-state index contributed by atoms with van der Waals surface area (Å²) in [6, 6.07) is 7.58. The second-order valence-corrected chi connectivity index (χ2v) is 5.63. The molecule has 0 atom stereocenters. The molecule has 2 heterocycles. The number of carbonyl (C=O) groups excluding carboxylic acids is 1. The van der Waals surface area contributed by atoms with Crippen molar-refractivity contribution in [3.8, 4) is 0 Å². The number of allylic oxidation sites excluding steroid dienone is 6. The van der Waals surface area contributed by atoms with E-state index in [1.807, 2.05) is 38.1 Å². The minimum atomic E-state index is -0.138. The van der Waals surface area contributed by atoms with Crippen LogP contribution in [0.2, 0.25) is 0 Å². The number of amides is 1. The van der Waals surface area contributed by atoms with Crippen molar-refractivity contribution < 1.29 is 4.79 Å². The molecule has 2 aromatic rings. The van der Waals surface area contributed by atoms with E-state index >= 15 is 0 Å². The van der Waals surface area contributed by atoms with Crippen molar-refractivity contribution in [2.75, 3.05) is 10.6 Å². The van der Waals surface area contributed by atoms with Crippen LogP contribution in [-0.4, -0.2) is 15.7 Å². The highest BCUT2D eigenvalue weighted by molar-refractivity contribution is 6.11. The summed E-state index contributed by atoms with van der Waals surface area (Å²) in [6.45, 7) is 6.11. The first-order valence-electron chi connectivity index (χ1n) is 8.84. The predicted octanol–water partition coefficient (Wildman–Crippen LogP) is 5.20. The molecule has 1 aromatic heterocycles. The fourth-order valence-corrected chi connectivity index (χ4v) is 2.46. The van der Waals surface area contributed by atoms with Crippen LogP contribution in [0, 0.1) is 0 Å². The molecule has 1 amide bonds. The molecular weight excluding hydrogens is 324 g/mol. The molecule has 0 bridgehead atoms. The second kappa shape index (κ2) is 9.42. The topological polar surface area (TPSA) is 59.0 Å². The zero-order chi connectivity index (χ0) is 18.9. The van der Waals surface area contributed by atoms with Crippen molar-refractivity contribution in [3.63, 3.8) is 0 Å². The molecule has 0 spiro atoms. The number of nitrogens with zero attached hydrogens (tertiary/aromatic N) is 2. The van der Waals surface area contributed by atoms with Crippen molar-refractivity contribution in [1.82, 2.24) is 9.78 Å². The number of aromatic nitrogens is 2. The highest BCUT2D eigenvalue weighted by atomic mass is 16.1. The number of nitrogens with one attached hydrogen (secondary N) is 2. The number of hydrogen-bond donors (Lipinski definition) is 2. The van der Waals surface area contributed by atoms with Gasteiger partial charge in [-0.15, -0.1) is 0 Å². The summed E-state index contributed by atoms with van der Waals surface area (Å²) in [4.78, 5) is 11.9. The van der Waals surface area contributed by atoms with Crippen molar-refractivity contribution >= 4 is 23.1 Å². The third kappa shape index (κ3) is 4.72. The van der Waals surface area contributed by atoms with Gasteiger partial charge in [-0.1, -0.05) is 61.9 Å². The fourth-order valence-electron chi connectivity index (χ4n) is 2.46. The van der Waals surface area contributed by atoms with Gasteiger partial charge in [-0.3, -0.25) is 9.48 Å². The Morgan fingerprint density at radius 3 is 2.50 bits per heavy atom. The molecule has 0 radical (unpaired) electrons. The summed E-state index contributed by atoms with van der Waals surface area (Å²) >= 11 is 0. The molecule has 0 fully saturated rings. The standard InChI is InChI=1S/C11H10N4O.C8H10.C2H6/c1-15-10-7(6-12-15)11(16)14-9-5-3-2-4-8(9)13-10;1-8-6-4-2-3-5-7-8;1-2/h2-6,13H,1H3,(H,14,16);2-4,6-7H,5H2,1H3;1-2H3. The zero-order valence-electron chi connectivity index (χ0n) is 15.8. The minimum absolute atomic E-state index is 0.138. The van der Waals surface area contributed by atoms with Crippen LogP contribution >= 0.6 is 0 Å². The predicted molar refractivity (Wildman–Crippen MR) is 109 cm³/mol. The SMILES string of the molecule is CC.CC1=CCC=CC=C1.Cn1ncc2c1Nc1ccccc1NC2=O. The molecule has 1 aliphatic carbocycles. The van der Waals surface area contributed by atoms with E-state index in [4.69, 9.17) is 0 Å². The fraction of sp³-hybridized carbons (Fsp3) is 0.238. The van der Waals surface area contributed by atoms with E-state index in [-0.39, 0.29) is 5.91 Å². The maximum atomic E-state index is 11.9. The van der Waals surface area contributed by atoms with Gasteiger partial charge in [0.05, 0.1) is 17.6 Å². The Hall–Kier alpha value is -3.08. The van der Waals surface area contributed by atoms with Gasteiger partial charge in [0.2, 0.25) is 0 Å². The van der Waals surface area contributed by atoms with Gasteiger partial charge in [0.15, 0.2) is 0 Å². The molecule has 2 N–H and O–H groups in total. The monoisotopic (exact) mass is 350 g/mol. The summed E-state index contributed by atoms with van der Waals surface area (Å²) in [7, 11) is 1.80. The van der Waals surface area contributed by atoms with Gasteiger partial charge in [0, 0.05) is 7.05 Å². The van der Waals surface area contributed by atoms with E-state index in [2.05, 4.69) is 53.0 Å². The van der Waals surface area contributed by atoms with Crippen LogP contribution in [0.4, 0.5) is 17.2 Å². The molecule has 2 aliphatic rings. The first-order chi connectivity index (χ1) is 12.6. The van der Waals surface area contributed by atoms with Gasteiger partial charge in [0.25, 0.3) is 5.91 Å². The molecule has 4 rings (SSSR count). The smallest absolute Gasteiger partial charge is 0.261 e. The third-order valence-electron chi connectivity index (χ3n) is 3.79. The molecule has 1 aromatic carbocycles. The van der Waals surface area contributed by atoms with Gasteiger partial charge in [-0.2, -0.15) is 5.10 Å². The molecule has 26 heavy (non-hydrogen) atoms. The van der Waals surface area contributed by atoms with Crippen LogP contribution in [0.1, 0.15) is 37.6 Å². The lowest BCUT2D eigenvalue weighted by atomic mass is 10.2. The summed E-state index contributed by atoms with van der Waals surface area (Å²) in [6.07, 6.45) is 13.3. The van der Waals surface area contributed by atoms with Gasteiger partial charge in [-0.05, 0) is 25.5 Å². The quantitative estimate of drug-likeness (QED) is 0.686. The van der Waals surface area contributed by atoms with Crippen molar-refractivity contribution in [3.05, 3.63) is 72.0 Å². The van der Waals surface area contributed by atoms with Crippen LogP contribution < -0.4 is 10.6 Å². The molecule has 1 aliphatic heterocycles. The Morgan fingerprint density at radius 2 is 1.77 bits per heavy atom. The lowest BCUT2D eigenvalue weighted by molar-refractivity contribution is 0.102. The van der Waals surface area contributed by atoms with E-state index in [1.54, 1.807) is 17.9 Å². The van der Waals surface area contributed by atoms with E-state index in [0.29, 0.717) is 11.4 Å². The highest BCUT2D eigenvalue weighted by Crippen LogP contribution is 2.30. The minimum Gasteiger partial charge on any atom is -0.338 e. The van der Waals surface area contributed by atoms with Gasteiger partial charge < -0.3 is 10.6 Å². The second-order valence-electron chi connectivity index (χ2n) is 5.63. The normalized spacial score (nSPS) is 13.8. The lowest BCUT2D eigenvalue weighted by Crippen LogP contribution is -2.09. The summed E-state index contributed by atoms with van der Waals surface area (Å²) < 4.78 is 1.65. The number of benzene rings is 1. The first kappa shape index (κ1) is 19.2. The molecule has 0 saturated carbocycles. The highest BCUT2D eigenvalue weighted by Gasteiger charge is 2.21. The van der Waals surface area contributed by atoms with Crippen LogP contribution in [0.15, 0.2) is 66.4 Å². The average Bonchev–Trinajstić information content (AvgIpc) is 2.81. The van der Waals surface area contributed by atoms with Gasteiger partial charge in [0.1, 0.15) is 11.4 Å². The Morgan fingerprint density at radius 1 is 1.08 bits per heavy atom. The Balaban J connectivity index is 0.000000206. The molecule has 136 valence electrons. The van der Waals surface area contributed by atoms with E-state index in [9.17, 15) is 4.79 Å². The average molecular weight is 350 g/mol. The number of aryl methyl sites for hydroxylation is 1. The maximum absolute atomic E-state index is 11.9. The van der Waals surface area contributed by atoms with Crippen molar-refractivity contribution in [1.29, 1.82) is 0 Å². The Bertz CT molecular complexity index is 841. The van der Waals surface area contributed by atoms with Crippen molar-refractivity contribution in [2.45, 2.75) is 27.2 Å².